The molecule has 1 amide bonds. The highest BCUT2D eigenvalue weighted by atomic mass is 16.5. The van der Waals surface area contributed by atoms with Crippen LogP contribution in [0.25, 0.3) is 16.6 Å². The molecule has 0 atom stereocenters. The molecular weight excluding hydrogens is 604 g/mol. The molecule has 6 aromatic rings. The van der Waals surface area contributed by atoms with Gasteiger partial charge in [-0.1, -0.05) is 47.7 Å². The number of carbonyl (C=O) groups excluding carboxylic acids is 1. The number of benzene rings is 4. The van der Waals surface area contributed by atoms with Crippen LogP contribution < -0.4 is 19.5 Å². The van der Waals surface area contributed by atoms with E-state index in [9.17, 15) is 4.79 Å². The van der Waals surface area contributed by atoms with Crippen LogP contribution in [-0.2, 0) is 26.0 Å². The van der Waals surface area contributed by atoms with Gasteiger partial charge in [0.1, 0.15) is 18.1 Å². The zero-order chi connectivity index (χ0) is 32.9. The summed E-state index contributed by atoms with van der Waals surface area (Å²) < 4.78 is 18.8. The Morgan fingerprint density at radius 1 is 0.875 bits per heavy atom. The minimum Gasteiger partial charge on any atom is -0.493 e. The van der Waals surface area contributed by atoms with Crippen molar-refractivity contribution in [3.05, 3.63) is 131 Å². The van der Waals surface area contributed by atoms with Gasteiger partial charge < -0.3 is 19.5 Å². The van der Waals surface area contributed by atoms with E-state index in [0.717, 1.165) is 60.6 Å². The van der Waals surface area contributed by atoms with Crippen molar-refractivity contribution in [3.8, 4) is 22.9 Å². The summed E-state index contributed by atoms with van der Waals surface area (Å²) in [4.78, 5) is 19.9. The first kappa shape index (κ1) is 30.9. The maximum atomic E-state index is 13.0. The van der Waals surface area contributed by atoms with E-state index in [4.69, 9.17) is 14.2 Å². The van der Waals surface area contributed by atoms with Crippen LogP contribution >= 0.6 is 0 Å². The number of anilines is 1. The van der Waals surface area contributed by atoms with E-state index in [1.807, 2.05) is 54.7 Å². The molecule has 48 heavy (non-hydrogen) atoms. The highest BCUT2D eigenvalue weighted by Gasteiger charge is 2.19. The third-order valence-electron chi connectivity index (χ3n) is 8.62. The molecule has 0 fully saturated rings. The second kappa shape index (κ2) is 13.9. The molecule has 0 spiro atoms. The summed E-state index contributed by atoms with van der Waals surface area (Å²) in [5.74, 6) is 1.84. The Hall–Kier alpha value is -5.74. The third-order valence-corrected chi connectivity index (χ3v) is 8.62. The summed E-state index contributed by atoms with van der Waals surface area (Å²) in [5, 5.41) is 12.5. The van der Waals surface area contributed by atoms with E-state index in [1.54, 1.807) is 31.2 Å². The van der Waals surface area contributed by atoms with Crippen LogP contribution in [0.3, 0.4) is 0 Å². The molecule has 0 bridgehead atoms. The topological polar surface area (TPSA) is 104 Å². The number of nitrogens with zero attached hydrogens (tertiary/aromatic N) is 5. The maximum Gasteiger partial charge on any atom is 0.257 e. The summed E-state index contributed by atoms with van der Waals surface area (Å²) in [7, 11) is 3.36. The van der Waals surface area contributed by atoms with Gasteiger partial charge in [0.15, 0.2) is 11.5 Å². The van der Waals surface area contributed by atoms with Gasteiger partial charge >= 0.3 is 0 Å². The second-order valence-corrected chi connectivity index (χ2v) is 11.7. The van der Waals surface area contributed by atoms with Gasteiger partial charge in [0.2, 0.25) is 0 Å². The number of hydrogen-bond acceptors (Lipinski definition) is 8. The summed E-state index contributed by atoms with van der Waals surface area (Å²) in [6.07, 6.45) is 5.38. The van der Waals surface area contributed by atoms with Gasteiger partial charge in [0, 0.05) is 31.2 Å². The fourth-order valence-electron chi connectivity index (χ4n) is 5.96. The molecule has 1 N–H and O–H groups in total. The van der Waals surface area contributed by atoms with Gasteiger partial charge in [0.05, 0.1) is 42.9 Å². The molecule has 242 valence electrons. The normalized spacial score (nSPS) is 12.8. The van der Waals surface area contributed by atoms with E-state index in [1.165, 1.54) is 16.7 Å². The van der Waals surface area contributed by atoms with Crippen molar-refractivity contribution in [1.82, 2.24) is 24.9 Å². The Balaban J connectivity index is 0.932. The molecule has 3 heterocycles. The number of carbonyl (C=O) groups is 1. The number of aromatic nitrogens is 4. The Morgan fingerprint density at radius 2 is 1.65 bits per heavy atom. The Kier molecular flexibility index (Phi) is 8.97. The highest BCUT2D eigenvalue weighted by molar-refractivity contribution is 6.06. The average Bonchev–Trinajstić information content (AvgIpc) is 3.62. The second-order valence-electron chi connectivity index (χ2n) is 11.7. The molecular formula is C38H36N6O4. The SMILES string of the molecule is COc1cc2c(cc1OC)CN(CCc1ccc(-n3cc(COc4ccccc4NC(=O)c4cnc5ccccc5c4)nn3)cc1)CC2. The van der Waals surface area contributed by atoms with Crippen molar-refractivity contribution in [2.75, 3.05) is 32.6 Å². The predicted molar refractivity (Wildman–Crippen MR) is 184 cm³/mol. The largest absolute Gasteiger partial charge is 0.493 e. The molecule has 10 nitrogen and oxygen atoms in total. The van der Waals surface area contributed by atoms with Gasteiger partial charge in [-0.3, -0.25) is 14.7 Å². The quantitative estimate of drug-likeness (QED) is 0.177. The standard InChI is InChI=1S/C38H36N6O4/c1-46-36-20-27-16-18-43(23-30(27)21-37(36)47-2)17-15-26-11-13-32(14-12-26)44-24-31(41-42-44)25-48-35-10-6-5-9-34(35)40-38(45)29-19-28-7-3-4-8-33(28)39-22-29/h3-14,19-22,24H,15-18,23,25H2,1-2H3,(H,40,45). The lowest BCUT2D eigenvalue weighted by molar-refractivity contribution is 0.102. The third kappa shape index (κ3) is 6.84. The number of amides is 1. The van der Waals surface area contributed by atoms with Crippen molar-refractivity contribution < 1.29 is 19.0 Å². The van der Waals surface area contributed by atoms with Gasteiger partial charge in [-0.15, -0.1) is 5.10 Å². The van der Waals surface area contributed by atoms with Crippen molar-refractivity contribution in [1.29, 1.82) is 0 Å². The van der Waals surface area contributed by atoms with Crippen molar-refractivity contribution in [3.63, 3.8) is 0 Å². The monoisotopic (exact) mass is 640 g/mol. The molecule has 2 aromatic heterocycles. The van der Waals surface area contributed by atoms with Gasteiger partial charge in [-0.25, -0.2) is 4.68 Å². The molecule has 4 aromatic carbocycles. The van der Waals surface area contributed by atoms with E-state index in [2.05, 4.69) is 61.9 Å². The first-order valence-corrected chi connectivity index (χ1v) is 15.9. The molecule has 0 radical (unpaired) electrons. The number of nitrogens with one attached hydrogen (secondary N) is 1. The minimum absolute atomic E-state index is 0.195. The van der Waals surface area contributed by atoms with E-state index in [0.29, 0.717) is 22.7 Å². The summed E-state index contributed by atoms with van der Waals surface area (Å²) in [6.45, 7) is 3.08. The first-order valence-electron chi connectivity index (χ1n) is 15.9. The van der Waals surface area contributed by atoms with Crippen LogP contribution in [0.15, 0.2) is 103 Å². The lowest BCUT2D eigenvalue weighted by Gasteiger charge is -2.29. The van der Waals surface area contributed by atoms with Crippen LogP contribution in [0.4, 0.5) is 5.69 Å². The fourth-order valence-corrected chi connectivity index (χ4v) is 5.96. The summed E-state index contributed by atoms with van der Waals surface area (Å²) in [5.41, 5.74) is 7.35. The zero-order valence-electron chi connectivity index (χ0n) is 26.9. The molecule has 1 aliphatic rings. The Labute approximate surface area is 278 Å². The zero-order valence-corrected chi connectivity index (χ0v) is 26.9. The van der Waals surface area contributed by atoms with Gasteiger partial charge in [-0.05, 0) is 78.1 Å². The average molecular weight is 641 g/mol. The van der Waals surface area contributed by atoms with Crippen molar-refractivity contribution in [2.45, 2.75) is 26.0 Å². The number of rotatable bonds is 11. The smallest absolute Gasteiger partial charge is 0.257 e. The molecule has 0 aliphatic carbocycles. The summed E-state index contributed by atoms with van der Waals surface area (Å²) >= 11 is 0. The number of para-hydroxylation sites is 3. The number of fused-ring (bicyclic) bond motifs is 2. The lowest BCUT2D eigenvalue weighted by atomic mass is 9.98. The Morgan fingerprint density at radius 3 is 2.48 bits per heavy atom. The van der Waals surface area contributed by atoms with E-state index < -0.39 is 0 Å². The molecule has 1 aliphatic heterocycles. The molecule has 7 rings (SSSR count). The van der Waals surface area contributed by atoms with E-state index >= 15 is 0 Å². The molecule has 10 heteroatoms. The Bertz CT molecular complexity index is 2060. The number of methoxy groups -OCH3 is 2. The predicted octanol–water partition coefficient (Wildman–Crippen LogP) is 6.26. The number of hydrogen-bond donors (Lipinski definition) is 1. The van der Waals surface area contributed by atoms with Crippen LogP contribution in [0.2, 0.25) is 0 Å². The van der Waals surface area contributed by atoms with Gasteiger partial charge in [-0.2, -0.15) is 0 Å². The minimum atomic E-state index is -0.262. The van der Waals surface area contributed by atoms with Gasteiger partial charge in [0.25, 0.3) is 5.91 Å². The van der Waals surface area contributed by atoms with Crippen molar-refractivity contribution in [2.24, 2.45) is 0 Å². The van der Waals surface area contributed by atoms with Crippen molar-refractivity contribution >= 4 is 22.5 Å². The number of pyridine rings is 1. The van der Waals surface area contributed by atoms with Crippen LogP contribution in [0.5, 0.6) is 17.2 Å². The lowest BCUT2D eigenvalue weighted by Crippen LogP contribution is -2.32. The van der Waals surface area contributed by atoms with Crippen LogP contribution in [0, 0.1) is 0 Å². The van der Waals surface area contributed by atoms with Crippen LogP contribution in [-0.4, -0.2) is 58.1 Å². The molecule has 0 saturated carbocycles. The first-order chi connectivity index (χ1) is 23.6. The van der Waals surface area contributed by atoms with Crippen LogP contribution in [0.1, 0.15) is 32.7 Å². The summed E-state index contributed by atoms with van der Waals surface area (Å²) in [6, 6.07) is 29.5. The fraction of sp³-hybridized carbons (Fsp3) is 0.211. The molecule has 0 unspecified atom stereocenters. The number of ether oxygens (including phenoxy) is 3. The molecule has 0 saturated heterocycles. The van der Waals surface area contributed by atoms with E-state index in [-0.39, 0.29) is 12.5 Å². The highest BCUT2D eigenvalue weighted by Crippen LogP contribution is 2.33. The maximum absolute atomic E-state index is 13.0.